The summed E-state index contributed by atoms with van der Waals surface area (Å²) in [5.74, 6) is 1.84. The fourth-order valence-electron chi connectivity index (χ4n) is 2.76. The molecule has 0 radical (unpaired) electrons. The predicted molar refractivity (Wildman–Crippen MR) is 69.7 cm³/mol. The molecule has 0 bridgehead atoms. The summed E-state index contributed by atoms with van der Waals surface area (Å²) >= 11 is 5.37. The van der Waals surface area contributed by atoms with Crippen molar-refractivity contribution in [3.63, 3.8) is 0 Å². The van der Waals surface area contributed by atoms with Crippen molar-refractivity contribution in [2.45, 2.75) is 50.1 Å². The number of H-pyrrole nitrogens is 1. The summed E-state index contributed by atoms with van der Waals surface area (Å²) in [6, 6.07) is 0. The molecule has 94 valence electrons. The van der Waals surface area contributed by atoms with Crippen LogP contribution >= 0.6 is 12.2 Å². The number of hydrogen-bond donors (Lipinski definition) is 1. The van der Waals surface area contributed by atoms with Crippen LogP contribution in [0.5, 0.6) is 0 Å². The molecule has 1 N–H and O–H groups in total. The minimum Gasteiger partial charge on any atom is -0.302 e. The third-order valence-corrected chi connectivity index (χ3v) is 4.73. The van der Waals surface area contributed by atoms with E-state index in [1.54, 1.807) is 0 Å². The summed E-state index contributed by atoms with van der Waals surface area (Å²) in [6.45, 7) is 1.00. The van der Waals surface area contributed by atoms with Crippen molar-refractivity contribution < 1.29 is 0 Å². The van der Waals surface area contributed by atoms with E-state index >= 15 is 0 Å². The first-order valence-electron chi connectivity index (χ1n) is 6.45. The second-order valence-electron chi connectivity index (χ2n) is 5.72. The van der Waals surface area contributed by atoms with E-state index in [9.17, 15) is 0 Å². The van der Waals surface area contributed by atoms with Crippen molar-refractivity contribution >= 4 is 12.2 Å². The molecule has 2 saturated carbocycles. The van der Waals surface area contributed by atoms with Gasteiger partial charge in [0.05, 0.1) is 0 Å². The molecule has 5 heteroatoms. The molecule has 0 aromatic carbocycles. The molecule has 2 aliphatic rings. The quantitative estimate of drug-likeness (QED) is 0.835. The lowest BCUT2D eigenvalue weighted by Crippen LogP contribution is -2.53. The van der Waals surface area contributed by atoms with Crippen molar-refractivity contribution in [1.29, 1.82) is 0 Å². The summed E-state index contributed by atoms with van der Waals surface area (Å²) in [6.07, 6.45) is 6.43. The molecule has 0 unspecified atom stereocenters. The zero-order valence-corrected chi connectivity index (χ0v) is 11.4. The highest BCUT2D eigenvalue weighted by Crippen LogP contribution is 2.42. The molecule has 4 nitrogen and oxygen atoms in total. The highest BCUT2D eigenvalue weighted by atomic mass is 32.1. The SMILES string of the molecule is CN(C)C1(Cn2c(C3CC3)n[nH]c2=S)CCC1. The minimum atomic E-state index is 0.311. The van der Waals surface area contributed by atoms with Crippen LogP contribution in [0.3, 0.4) is 0 Å². The Morgan fingerprint density at radius 2 is 2.18 bits per heavy atom. The van der Waals surface area contributed by atoms with Crippen molar-refractivity contribution in [2.24, 2.45) is 0 Å². The smallest absolute Gasteiger partial charge is 0.195 e. The molecule has 1 aromatic heterocycles. The fourth-order valence-corrected chi connectivity index (χ4v) is 2.97. The average molecular weight is 252 g/mol. The van der Waals surface area contributed by atoms with Crippen molar-refractivity contribution in [1.82, 2.24) is 19.7 Å². The number of rotatable bonds is 4. The normalized spacial score (nSPS) is 22.8. The standard InChI is InChI=1S/C12H20N4S/c1-15(2)12(6-3-7-12)8-16-10(9-4-5-9)13-14-11(16)17/h9H,3-8H2,1-2H3,(H,14,17). The Labute approximate surface area is 107 Å². The molecule has 0 atom stereocenters. The summed E-state index contributed by atoms with van der Waals surface area (Å²) in [7, 11) is 4.36. The molecule has 2 aliphatic carbocycles. The maximum atomic E-state index is 5.37. The van der Waals surface area contributed by atoms with Crippen molar-refractivity contribution in [3.05, 3.63) is 10.6 Å². The molecule has 2 fully saturated rings. The second kappa shape index (κ2) is 3.92. The second-order valence-corrected chi connectivity index (χ2v) is 6.11. The Morgan fingerprint density at radius 1 is 1.47 bits per heavy atom. The van der Waals surface area contributed by atoms with Crippen LogP contribution in [0.25, 0.3) is 0 Å². The van der Waals surface area contributed by atoms with Crippen LogP contribution < -0.4 is 0 Å². The number of aromatic amines is 1. The highest BCUT2D eigenvalue weighted by Gasteiger charge is 2.41. The van der Waals surface area contributed by atoms with Gasteiger partial charge >= 0.3 is 0 Å². The summed E-state index contributed by atoms with van der Waals surface area (Å²) < 4.78 is 3.03. The molecular formula is C12H20N4S. The monoisotopic (exact) mass is 252 g/mol. The topological polar surface area (TPSA) is 36.9 Å². The van der Waals surface area contributed by atoms with Crippen LogP contribution in [0, 0.1) is 4.77 Å². The van der Waals surface area contributed by atoms with E-state index in [0.29, 0.717) is 11.5 Å². The van der Waals surface area contributed by atoms with Gasteiger partial charge in [-0.1, -0.05) is 0 Å². The summed E-state index contributed by atoms with van der Waals surface area (Å²) in [5, 5.41) is 7.37. The third-order valence-electron chi connectivity index (χ3n) is 4.42. The summed E-state index contributed by atoms with van der Waals surface area (Å²) in [5.41, 5.74) is 0.311. The number of aromatic nitrogens is 3. The highest BCUT2D eigenvalue weighted by molar-refractivity contribution is 7.71. The number of nitrogens with zero attached hydrogens (tertiary/aromatic N) is 3. The molecule has 0 amide bonds. The van der Waals surface area contributed by atoms with Gasteiger partial charge in [-0.2, -0.15) is 5.10 Å². The van der Waals surface area contributed by atoms with Crippen LogP contribution in [0.4, 0.5) is 0 Å². The Morgan fingerprint density at radius 3 is 2.65 bits per heavy atom. The Hall–Kier alpha value is -0.680. The van der Waals surface area contributed by atoms with Crippen molar-refractivity contribution in [2.75, 3.05) is 14.1 Å². The Kier molecular flexibility index (Phi) is 2.63. The van der Waals surface area contributed by atoms with Gasteiger partial charge in [-0.15, -0.1) is 0 Å². The van der Waals surface area contributed by atoms with Gasteiger partial charge in [-0.25, -0.2) is 0 Å². The van der Waals surface area contributed by atoms with E-state index < -0.39 is 0 Å². The van der Waals surface area contributed by atoms with E-state index in [2.05, 4.69) is 33.8 Å². The van der Waals surface area contributed by atoms with E-state index in [0.717, 1.165) is 11.3 Å². The van der Waals surface area contributed by atoms with E-state index in [-0.39, 0.29) is 0 Å². The van der Waals surface area contributed by atoms with Gasteiger partial charge in [-0.3, -0.25) is 5.10 Å². The Balaban J connectivity index is 1.89. The van der Waals surface area contributed by atoms with Gasteiger partial charge in [-0.05, 0) is 58.4 Å². The van der Waals surface area contributed by atoms with Gasteiger partial charge in [0.25, 0.3) is 0 Å². The molecule has 0 spiro atoms. The average Bonchev–Trinajstić information content (AvgIpc) is 2.98. The van der Waals surface area contributed by atoms with Gasteiger partial charge in [0.15, 0.2) is 4.77 Å². The molecular weight excluding hydrogens is 232 g/mol. The first-order chi connectivity index (χ1) is 8.12. The number of likely N-dealkylation sites (N-methyl/N-ethyl adjacent to an activating group) is 1. The van der Waals surface area contributed by atoms with E-state index in [1.165, 1.54) is 37.9 Å². The van der Waals surface area contributed by atoms with Crippen LogP contribution in [0.1, 0.15) is 43.8 Å². The molecule has 17 heavy (non-hydrogen) atoms. The Bertz CT molecular complexity index is 465. The zero-order valence-electron chi connectivity index (χ0n) is 10.6. The van der Waals surface area contributed by atoms with E-state index in [4.69, 9.17) is 12.2 Å². The third kappa shape index (κ3) is 1.85. The van der Waals surface area contributed by atoms with Crippen LogP contribution in [-0.4, -0.2) is 39.3 Å². The lowest BCUT2D eigenvalue weighted by molar-refractivity contribution is 0.0411. The predicted octanol–water partition coefficient (Wildman–Crippen LogP) is 2.30. The molecule has 1 heterocycles. The van der Waals surface area contributed by atoms with E-state index in [1.807, 2.05) is 0 Å². The van der Waals surface area contributed by atoms with Crippen LogP contribution in [0.2, 0.25) is 0 Å². The lowest BCUT2D eigenvalue weighted by Gasteiger charge is -2.47. The number of hydrogen-bond acceptors (Lipinski definition) is 3. The molecule has 0 saturated heterocycles. The lowest BCUT2D eigenvalue weighted by atomic mass is 9.75. The first kappa shape index (κ1) is 11.4. The van der Waals surface area contributed by atoms with Gasteiger partial charge in [0.2, 0.25) is 0 Å². The zero-order chi connectivity index (χ0) is 12.0. The largest absolute Gasteiger partial charge is 0.302 e. The first-order valence-corrected chi connectivity index (χ1v) is 6.86. The fraction of sp³-hybridized carbons (Fsp3) is 0.833. The molecule has 3 rings (SSSR count). The molecule has 0 aliphatic heterocycles. The maximum Gasteiger partial charge on any atom is 0.195 e. The van der Waals surface area contributed by atoms with Crippen LogP contribution in [0.15, 0.2) is 0 Å². The summed E-state index contributed by atoms with van der Waals surface area (Å²) in [4.78, 5) is 2.36. The molecule has 1 aromatic rings. The minimum absolute atomic E-state index is 0.311. The van der Waals surface area contributed by atoms with Crippen LogP contribution in [-0.2, 0) is 6.54 Å². The van der Waals surface area contributed by atoms with Gasteiger partial charge in [0.1, 0.15) is 5.82 Å². The maximum absolute atomic E-state index is 5.37. The van der Waals surface area contributed by atoms with Gasteiger partial charge < -0.3 is 9.47 Å². The van der Waals surface area contributed by atoms with Crippen molar-refractivity contribution in [3.8, 4) is 0 Å². The number of nitrogens with one attached hydrogen (secondary N) is 1. The van der Waals surface area contributed by atoms with Gasteiger partial charge in [0, 0.05) is 18.0 Å².